The van der Waals surface area contributed by atoms with Crippen LogP contribution in [0.2, 0.25) is 0 Å². The predicted octanol–water partition coefficient (Wildman–Crippen LogP) is 6.72. The van der Waals surface area contributed by atoms with Gasteiger partial charge in [-0.1, -0.05) is 6.07 Å². The molecule has 2 heterocycles. The van der Waals surface area contributed by atoms with Crippen LogP contribution in [0.3, 0.4) is 0 Å². The molecule has 0 radical (unpaired) electrons. The summed E-state index contributed by atoms with van der Waals surface area (Å²) in [5.41, 5.74) is 1.35. The Morgan fingerprint density at radius 2 is 1.51 bits per heavy atom. The Bertz CT molecular complexity index is 1240. The van der Waals surface area contributed by atoms with Gasteiger partial charge < -0.3 is 14.2 Å². The average molecular weight is 495 g/mol. The van der Waals surface area contributed by atoms with E-state index in [1.165, 1.54) is 18.3 Å². The molecule has 186 valence electrons. The highest BCUT2D eigenvalue weighted by molar-refractivity contribution is 5.86. The summed E-state index contributed by atoms with van der Waals surface area (Å²) in [4.78, 5) is 6.31. The number of hydrogen-bond donors (Lipinski definition) is 0. The van der Waals surface area contributed by atoms with E-state index < -0.39 is 23.5 Å². The number of aryl methyl sites for hydroxylation is 1. The average Bonchev–Trinajstić information content (AvgIpc) is 3.10. The first-order valence-corrected chi connectivity index (χ1v) is 10.9. The van der Waals surface area contributed by atoms with Gasteiger partial charge in [-0.3, -0.25) is 4.99 Å². The SMILES string of the molecule is Cc1cc(C=Nc2cc(C(F)(F)F)ccc2N2CCOCC2)c(C)n1-c1cccc(C(F)(F)F)c1. The molecule has 1 aliphatic heterocycles. The zero-order valence-corrected chi connectivity index (χ0v) is 19.0. The third-order valence-corrected chi connectivity index (χ3v) is 5.90. The summed E-state index contributed by atoms with van der Waals surface area (Å²) in [5, 5.41) is 0. The molecule has 0 saturated carbocycles. The van der Waals surface area contributed by atoms with Crippen molar-refractivity contribution < 1.29 is 31.1 Å². The van der Waals surface area contributed by atoms with Gasteiger partial charge in [-0.2, -0.15) is 26.3 Å². The number of benzene rings is 2. The number of ether oxygens (including phenoxy) is 1. The van der Waals surface area contributed by atoms with Gasteiger partial charge in [0.15, 0.2) is 0 Å². The largest absolute Gasteiger partial charge is 0.416 e. The van der Waals surface area contributed by atoms with Gasteiger partial charge in [0.05, 0.1) is 35.7 Å². The van der Waals surface area contributed by atoms with Gasteiger partial charge in [-0.05, 0) is 56.3 Å². The molecule has 2 aromatic carbocycles. The van der Waals surface area contributed by atoms with Crippen LogP contribution < -0.4 is 4.90 Å². The lowest BCUT2D eigenvalue weighted by molar-refractivity contribution is -0.138. The number of hydrogen-bond acceptors (Lipinski definition) is 3. The van der Waals surface area contributed by atoms with E-state index in [-0.39, 0.29) is 5.69 Å². The molecule has 0 unspecified atom stereocenters. The zero-order chi connectivity index (χ0) is 25.4. The third-order valence-electron chi connectivity index (χ3n) is 5.90. The van der Waals surface area contributed by atoms with Crippen LogP contribution in [0.5, 0.6) is 0 Å². The number of aromatic nitrogens is 1. The molecule has 35 heavy (non-hydrogen) atoms. The molecule has 0 bridgehead atoms. The summed E-state index contributed by atoms with van der Waals surface area (Å²) in [6, 6.07) is 10.1. The van der Waals surface area contributed by atoms with Crippen molar-refractivity contribution in [1.29, 1.82) is 0 Å². The van der Waals surface area contributed by atoms with E-state index in [4.69, 9.17) is 4.74 Å². The molecule has 0 amide bonds. The first-order chi connectivity index (χ1) is 16.4. The zero-order valence-electron chi connectivity index (χ0n) is 19.0. The van der Waals surface area contributed by atoms with Crippen molar-refractivity contribution in [2.24, 2.45) is 4.99 Å². The highest BCUT2D eigenvalue weighted by Crippen LogP contribution is 2.37. The molecule has 10 heteroatoms. The summed E-state index contributed by atoms with van der Waals surface area (Å²) < 4.78 is 86.6. The van der Waals surface area contributed by atoms with Crippen molar-refractivity contribution in [3.63, 3.8) is 0 Å². The first-order valence-electron chi connectivity index (χ1n) is 10.9. The summed E-state index contributed by atoms with van der Waals surface area (Å²) in [7, 11) is 0. The maximum Gasteiger partial charge on any atom is 0.416 e. The Morgan fingerprint density at radius 3 is 2.17 bits per heavy atom. The molecule has 4 nitrogen and oxygen atoms in total. The minimum atomic E-state index is -4.52. The van der Waals surface area contributed by atoms with Crippen molar-refractivity contribution in [1.82, 2.24) is 4.57 Å². The lowest BCUT2D eigenvalue weighted by Gasteiger charge is -2.30. The van der Waals surface area contributed by atoms with Crippen LogP contribution in [-0.4, -0.2) is 37.1 Å². The fourth-order valence-electron chi connectivity index (χ4n) is 4.15. The number of halogens is 6. The summed E-state index contributed by atoms with van der Waals surface area (Å²) >= 11 is 0. The monoisotopic (exact) mass is 495 g/mol. The molecule has 1 aliphatic rings. The molecule has 0 aliphatic carbocycles. The van der Waals surface area contributed by atoms with E-state index >= 15 is 0 Å². The molecule has 0 N–H and O–H groups in total. The Kier molecular flexibility index (Phi) is 6.68. The van der Waals surface area contributed by atoms with Crippen LogP contribution in [0, 0.1) is 13.8 Å². The van der Waals surface area contributed by atoms with Crippen LogP contribution in [0.4, 0.5) is 37.7 Å². The van der Waals surface area contributed by atoms with E-state index in [0.717, 1.165) is 24.3 Å². The molecular weight excluding hydrogens is 472 g/mol. The quantitative estimate of drug-likeness (QED) is 0.297. The number of aliphatic imine (C=N–C) groups is 1. The van der Waals surface area contributed by atoms with Gasteiger partial charge in [-0.15, -0.1) is 0 Å². The Morgan fingerprint density at radius 1 is 0.857 bits per heavy atom. The minimum Gasteiger partial charge on any atom is -0.378 e. The topological polar surface area (TPSA) is 29.8 Å². The highest BCUT2D eigenvalue weighted by Gasteiger charge is 2.32. The lowest BCUT2D eigenvalue weighted by Crippen LogP contribution is -2.36. The number of rotatable bonds is 4. The van der Waals surface area contributed by atoms with Crippen molar-refractivity contribution in [3.8, 4) is 5.69 Å². The maximum atomic E-state index is 13.4. The molecule has 4 rings (SSSR count). The standard InChI is InChI=1S/C25H23F6N3O/c1-16-12-18(17(2)34(16)21-5-3-4-19(13-21)24(26,27)28)15-32-22-14-20(25(29,30)31)6-7-23(22)33-8-10-35-11-9-33/h3-7,12-15H,8-11H2,1-2H3. The van der Waals surface area contributed by atoms with E-state index in [2.05, 4.69) is 4.99 Å². The van der Waals surface area contributed by atoms with Crippen molar-refractivity contribution in [2.45, 2.75) is 26.2 Å². The van der Waals surface area contributed by atoms with Crippen LogP contribution in [-0.2, 0) is 17.1 Å². The minimum absolute atomic E-state index is 0.158. The first kappa shape index (κ1) is 24.8. The van der Waals surface area contributed by atoms with Crippen molar-refractivity contribution in [2.75, 3.05) is 31.2 Å². The van der Waals surface area contributed by atoms with Crippen molar-refractivity contribution in [3.05, 3.63) is 76.6 Å². The molecular formula is C25H23F6N3O. The van der Waals surface area contributed by atoms with E-state index in [1.54, 1.807) is 30.5 Å². The summed E-state index contributed by atoms with van der Waals surface area (Å²) in [5.74, 6) is 0. The Balaban J connectivity index is 1.73. The fourth-order valence-corrected chi connectivity index (χ4v) is 4.15. The molecule has 0 spiro atoms. The van der Waals surface area contributed by atoms with Crippen LogP contribution in [0.1, 0.15) is 28.1 Å². The number of anilines is 1. The van der Waals surface area contributed by atoms with Gasteiger partial charge in [0.25, 0.3) is 0 Å². The maximum absolute atomic E-state index is 13.4. The Hall–Kier alpha value is -3.27. The normalized spacial score (nSPS) is 15.3. The van der Waals surface area contributed by atoms with Gasteiger partial charge in [-0.25, -0.2) is 0 Å². The number of morpholine rings is 1. The molecule has 1 fully saturated rings. The van der Waals surface area contributed by atoms with Gasteiger partial charge in [0.1, 0.15) is 0 Å². The second-order valence-electron chi connectivity index (χ2n) is 8.27. The summed E-state index contributed by atoms with van der Waals surface area (Å²) in [6.07, 6.45) is -7.55. The Labute approximate surface area is 198 Å². The summed E-state index contributed by atoms with van der Waals surface area (Å²) in [6.45, 7) is 5.44. The number of alkyl halides is 6. The predicted molar refractivity (Wildman–Crippen MR) is 122 cm³/mol. The molecule has 3 aromatic rings. The smallest absolute Gasteiger partial charge is 0.378 e. The second kappa shape index (κ2) is 9.41. The highest BCUT2D eigenvalue weighted by atomic mass is 19.4. The van der Waals surface area contributed by atoms with E-state index in [1.807, 2.05) is 4.90 Å². The number of nitrogens with zero attached hydrogens (tertiary/aromatic N) is 3. The van der Waals surface area contributed by atoms with Gasteiger partial charge >= 0.3 is 12.4 Å². The molecule has 1 saturated heterocycles. The fraction of sp³-hybridized carbons (Fsp3) is 0.320. The lowest BCUT2D eigenvalue weighted by atomic mass is 10.1. The van der Waals surface area contributed by atoms with Gasteiger partial charge in [0, 0.05) is 41.9 Å². The van der Waals surface area contributed by atoms with Crippen LogP contribution in [0.15, 0.2) is 53.5 Å². The second-order valence-corrected chi connectivity index (χ2v) is 8.27. The van der Waals surface area contributed by atoms with Crippen LogP contribution >= 0.6 is 0 Å². The van der Waals surface area contributed by atoms with E-state index in [9.17, 15) is 26.3 Å². The van der Waals surface area contributed by atoms with Crippen LogP contribution in [0.25, 0.3) is 5.69 Å². The third kappa shape index (κ3) is 5.37. The molecule has 1 aromatic heterocycles. The van der Waals surface area contributed by atoms with Gasteiger partial charge in [0.2, 0.25) is 0 Å². The molecule has 0 atom stereocenters. The van der Waals surface area contributed by atoms with E-state index in [0.29, 0.717) is 54.6 Å². The van der Waals surface area contributed by atoms with Crippen molar-refractivity contribution >= 4 is 17.6 Å².